The number of esters is 1. The number of carbonyl (C=O) groups excluding carboxylic acids is 1. The van der Waals surface area contributed by atoms with Crippen LogP contribution in [0.3, 0.4) is 0 Å². The molecule has 1 N–H and O–H groups in total. The molecule has 1 aromatic carbocycles. The van der Waals surface area contributed by atoms with E-state index >= 15 is 0 Å². The third-order valence-corrected chi connectivity index (χ3v) is 3.85. The van der Waals surface area contributed by atoms with Crippen LogP contribution in [0, 0.1) is 0 Å². The standard InChI is InChI=1S/C12H9F4NO2S/c1-19-10(18)11(13,12(14,15)16)20-9-6-17-8-5-3-2-4-7(8)9/h2-6,17H,1H3/t11-/m1/s1. The Morgan fingerprint density at radius 1 is 1.25 bits per heavy atom. The normalized spacial score (nSPS) is 15.1. The molecule has 8 heteroatoms. The molecule has 2 rings (SSSR count). The number of halogens is 4. The second-order valence-corrected chi connectivity index (χ2v) is 5.09. The number of ether oxygens (including phenoxy) is 1. The Labute approximate surface area is 115 Å². The van der Waals surface area contributed by atoms with Crippen molar-refractivity contribution in [3.63, 3.8) is 0 Å². The molecule has 3 nitrogen and oxygen atoms in total. The van der Waals surface area contributed by atoms with Crippen molar-refractivity contribution in [2.45, 2.75) is 16.1 Å². The zero-order valence-corrected chi connectivity index (χ0v) is 10.9. The van der Waals surface area contributed by atoms with Gasteiger partial charge < -0.3 is 9.72 Å². The third kappa shape index (κ3) is 2.35. The summed E-state index contributed by atoms with van der Waals surface area (Å²) in [7, 11) is 0.707. The van der Waals surface area contributed by atoms with Crippen LogP contribution >= 0.6 is 11.8 Å². The first-order valence-electron chi connectivity index (χ1n) is 5.39. The van der Waals surface area contributed by atoms with Crippen molar-refractivity contribution in [2.75, 3.05) is 7.11 Å². The van der Waals surface area contributed by atoms with E-state index in [1.54, 1.807) is 18.2 Å². The highest BCUT2D eigenvalue weighted by Crippen LogP contribution is 2.48. The highest BCUT2D eigenvalue weighted by molar-refractivity contribution is 8.01. The Hall–Kier alpha value is -1.70. The molecule has 1 heterocycles. The number of benzene rings is 1. The minimum absolute atomic E-state index is 0.0224. The second kappa shape index (κ2) is 5.01. The molecule has 0 amide bonds. The smallest absolute Gasteiger partial charge is 0.443 e. The summed E-state index contributed by atoms with van der Waals surface area (Å²) < 4.78 is 56.6. The summed E-state index contributed by atoms with van der Waals surface area (Å²) in [4.78, 5) is 13.9. The monoisotopic (exact) mass is 307 g/mol. The Balaban J connectivity index is 2.45. The molecule has 1 atom stereocenters. The number of carbonyl (C=O) groups is 1. The number of alkyl halides is 4. The lowest BCUT2D eigenvalue weighted by Crippen LogP contribution is -2.45. The van der Waals surface area contributed by atoms with E-state index in [1.165, 1.54) is 12.3 Å². The maximum atomic E-state index is 14.1. The van der Waals surface area contributed by atoms with Gasteiger partial charge in [-0.05, 0) is 6.07 Å². The average Bonchev–Trinajstić information content (AvgIpc) is 2.80. The molecule has 20 heavy (non-hydrogen) atoms. The van der Waals surface area contributed by atoms with Crippen molar-refractivity contribution in [2.24, 2.45) is 0 Å². The number of fused-ring (bicyclic) bond motifs is 1. The predicted octanol–water partition coefficient (Wildman–Crippen LogP) is 3.66. The van der Waals surface area contributed by atoms with E-state index in [9.17, 15) is 22.4 Å². The quantitative estimate of drug-likeness (QED) is 0.534. The molecule has 0 radical (unpaired) electrons. The number of para-hydroxylation sites is 1. The maximum absolute atomic E-state index is 14.1. The van der Waals surface area contributed by atoms with Crippen LogP contribution in [0.4, 0.5) is 17.6 Å². The fourth-order valence-electron chi connectivity index (χ4n) is 1.63. The summed E-state index contributed by atoms with van der Waals surface area (Å²) in [6.45, 7) is 0. The lowest BCUT2D eigenvalue weighted by atomic mass is 10.2. The van der Waals surface area contributed by atoms with Crippen LogP contribution < -0.4 is 0 Å². The van der Waals surface area contributed by atoms with Gasteiger partial charge in [0.15, 0.2) is 0 Å². The minimum Gasteiger partial charge on any atom is -0.466 e. The number of hydrogen-bond acceptors (Lipinski definition) is 3. The van der Waals surface area contributed by atoms with Crippen molar-refractivity contribution in [1.82, 2.24) is 4.98 Å². The molecule has 108 valence electrons. The van der Waals surface area contributed by atoms with Gasteiger partial charge in [0.1, 0.15) is 0 Å². The van der Waals surface area contributed by atoms with Crippen molar-refractivity contribution in [3.8, 4) is 0 Å². The van der Waals surface area contributed by atoms with E-state index in [0.717, 1.165) is 0 Å². The maximum Gasteiger partial charge on any atom is 0.443 e. The van der Waals surface area contributed by atoms with Gasteiger partial charge in [0.2, 0.25) is 0 Å². The van der Waals surface area contributed by atoms with E-state index in [-0.39, 0.29) is 16.7 Å². The van der Waals surface area contributed by atoms with Crippen LogP contribution in [-0.2, 0) is 9.53 Å². The van der Waals surface area contributed by atoms with Crippen LogP contribution in [0.1, 0.15) is 0 Å². The molecule has 0 spiro atoms. The number of H-pyrrole nitrogens is 1. The average molecular weight is 307 g/mol. The highest BCUT2D eigenvalue weighted by Gasteiger charge is 2.64. The highest BCUT2D eigenvalue weighted by atomic mass is 32.2. The molecule has 0 fully saturated rings. The number of methoxy groups -OCH3 is 1. The molecule has 0 aliphatic heterocycles. The van der Waals surface area contributed by atoms with E-state index in [2.05, 4.69) is 9.72 Å². The Bertz CT molecular complexity index is 640. The van der Waals surface area contributed by atoms with Crippen LogP contribution in [0.25, 0.3) is 10.9 Å². The van der Waals surface area contributed by atoms with Gasteiger partial charge in [-0.15, -0.1) is 0 Å². The molecule has 1 aromatic heterocycles. The van der Waals surface area contributed by atoms with Gasteiger partial charge in [0, 0.05) is 22.0 Å². The first kappa shape index (κ1) is 14.7. The van der Waals surface area contributed by atoms with Crippen molar-refractivity contribution >= 4 is 28.6 Å². The van der Waals surface area contributed by atoms with Gasteiger partial charge >= 0.3 is 17.1 Å². The molecule has 0 aliphatic carbocycles. The first-order chi connectivity index (χ1) is 9.29. The lowest BCUT2D eigenvalue weighted by Gasteiger charge is -2.24. The summed E-state index contributed by atoms with van der Waals surface area (Å²) >= 11 is -0.231. The van der Waals surface area contributed by atoms with Gasteiger partial charge in [-0.1, -0.05) is 30.0 Å². The van der Waals surface area contributed by atoms with E-state index < -0.39 is 17.1 Å². The SMILES string of the molecule is COC(=O)[C@@](F)(Sc1c[nH]c2ccccc12)C(F)(F)F. The summed E-state index contributed by atoms with van der Waals surface area (Å²) in [5.74, 6) is -1.99. The second-order valence-electron chi connectivity index (χ2n) is 3.89. The summed E-state index contributed by atoms with van der Waals surface area (Å²) in [5, 5.41) is -3.75. The Kier molecular flexibility index (Phi) is 3.68. The van der Waals surface area contributed by atoms with Crippen molar-refractivity contribution in [3.05, 3.63) is 30.5 Å². The van der Waals surface area contributed by atoms with E-state index in [4.69, 9.17) is 0 Å². The minimum atomic E-state index is -5.39. The molecular formula is C12H9F4NO2S. The molecule has 0 saturated carbocycles. The largest absolute Gasteiger partial charge is 0.466 e. The number of hydrogen-bond donors (Lipinski definition) is 1. The molecule has 0 bridgehead atoms. The fraction of sp³-hybridized carbons (Fsp3) is 0.250. The van der Waals surface area contributed by atoms with Gasteiger partial charge in [0.05, 0.1) is 7.11 Å². The van der Waals surface area contributed by atoms with Crippen molar-refractivity contribution < 1.29 is 27.1 Å². The number of rotatable bonds is 3. The number of aromatic amines is 1. The Morgan fingerprint density at radius 3 is 2.50 bits per heavy atom. The summed E-state index contributed by atoms with van der Waals surface area (Å²) in [5.41, 5.74) is 0.546. The summed E-state index contributed by atoms with van der Waals surface area (Å²) in [6, 6.07) is 6.44. The molecule has 2 aromatic rings. The van der Waals surface area contributed by atoms with Crippen LogP contribution in [0.5, 0.6) is 0 Å². The van der Waals surface area contributed by atoms with Crippen LogP contribution in [-0.4, -0.2) is 29.2 Å². The molecule has 0 saturated heterocycles. The number of nitrogens with one attached hydrogen (secondary N) is 1. The molecular weight excluding hydrogens is 298 g/mol. The Morgan fingerprint density at radius 2 is 1.90 bits per heavy atom. The fourth-order valence-corrected chi connectivity index (χ4v) is 2.62. The number of thioether (sulfide) groups is 1. The predicted molar refractivity (Wildman–Crippen MR) is 66.1 cm³/mol. The van der Waals surface area contributed by atoms with Crippen LogP contribution in [0.15, 0.2) is 35.4 Å². The summed E-state index contributed by atoms with van der Waals surface area (Å²) in [6.07, 6.45) is -4.17. The zero-order chi connectivity index (χ0) is 15.0. The van der Waals surface area contributed by atoms with Crippen molar-refractivity contribution in [1.29, 1.82) is 0 Å². The van der Waals surface area contributed by atoms with Gasteiger partial charge in [-0.2, -0.15) is 13.2 Å². The zero-order valence-electron chi connectivity index (χ0n) is 10.1. The molecule has 0 aliphatic rings. The topological polar surface area (TPSA) is 42.1 Å². The van der Waals surface area contributed by atoms with E-state index in [0.29, 0.717) is 18.0 Å². The van der Waals surface area contributed by atoms with Gasteiger partial charge in [0.25, 0.3) is 0 Å². The van der Waals surface area contributed by atoms with E-state index in [1.807, 2.05) is 0 Å². The van der Waals surface area contributed by atoms with Crippen LogP contribution in [0.2, 0.25) is 0 Å². The number of aromatic nitrogens is 1. The molecule has 0 unspecified atom stereocenters. The lowest BCUT2D eigenvalue weighted by molar-refractivity contribution is -0.209. The first-order valence-corrected chi connectivity index (χ1v) is 6.20. The third-order valence-electron chi connectivity index (χ3n) is 2.61. The van der Waals surface area contributed by atoms with Gasteiger partial charge in [-0.25, -0.2) is 9.18 Å². The van der Waals surface area contributed by atoms with Gasteiger partial charge in [-0.3, -0.25) is 0 Å².